The van der Waals surface area contributed by atoms with Crippen molar-refractivity contribution in [3.8, 4) is 0 Å². The monoisotopic (exact) mass is 274 g/mol. The van der Waals surface area contributed by atoms with Gasteiger partial charge in [-0.15, -0.1) is 0 Å². The predicted octanol–water partition coefficient (Wildman–Crippen LogP) is 1.13. The van der Waals surface area contributed by atoms with E-state index >= 15 is 0 Å². The molecule has 0 bridgehead atoms. The van der Waals surface area contributed by atoms with E-state index in [-0.39, 0.29) is 0 Å². The summed E-state index contributed by atoms with van der Waals surface area (Å²) in [5.41, 5.74) is 0.596. The summed E-state index contributed by atoms with van der Waals surface area (Å²) in [6, 6.07) is 8.00. The van der Waals surface area contributed by atoms with Gasteiger partial charge in [0.1, 0.15) is 6.04 Å². The van der Waals surface area contributed by atoms with Crippen molar-refractivity contribution in [2.75, 3.05) is 11.4 Å². The third kappa shape index (κ3) is 3.44. The van der Waals surface area contributed by atoms with Gasteiger partial charge in [0, 0.05) is 12.2 Å². The molecule has 1 N–H and O–H groups in total. The van der Waals surface area contributed by atoms with E-state index in [1.165, 1.54) is 4.90 Å². The normalized spacial score (nSPS) is 15.2. The highest BCUT2D eigenvalue weighted by atomic mass is 16.2. The van der Waals surface area contributed by atoms with Gasteiger partial charge < -0.3 is 10.2 Å². The van der Waals surface area contributed by atoms with Gasteiger partial charge >= 0.3 is 0 Å². The molecule has 1 atom stereocenters. The van der Waals surface area contributed by atoms with Crippen LogP contribution in [0.1, 0.15) is 19.8 Å². The molecule has 0 radical (unpaired) electrons. The van der Waals surface area contributed by atoms with Crippen LogP contribution >= 0.6 is 0 Å². The Kier molecular flexibility index (Phi) is 4.50. The second kappa shape index (κ2) is 6.32. The van der Waals surface area contributed by atoms with Crippen LogP contribution in [0.15, 0.2) is 30.3 Å². The fraction of sp³-hybridized carbons (Fsp3) is 0.400. The molecule has 0 spiro atoms. The lowest BCUT2D eigenvalue weighted by Crippen LogP contribution is -2.46. The van der Waals surface area contributed by atoms with Crippen LogP contribution in [0, 0.1) is 5.92 Å². The smallest absolute Gasteiger partial charge is 0.289 e. The number of benzene rings is 1. The molecule has 106 valence electrons. The first kappa shape index (κ1) is 14.2. The average Bonchev–Trinajstić information content (AvgIpc) is 3.30. The van der Waals surface area contributed by atoms with E-state index in [2.05, 4.69) is 5.32 Å². The Morgan fingerprint density at radius 3 is 2.55 bits per heavy atom. The Balaban J connectivity index is 1.99. The molecular weight excluding hydrogens is 256 g/mol. The van der Waals surface area contributed by atoms with Gasteiger partial charge in [0.05, 0.1) is 0 Å². The summed E-state index contributed by atoms with van der Waals surface area (Å²) in [6.45, 7) is 2.10. The number of ketones is 1. The van der Waals surface area contributed by atoms with Crippen molar-refractivity contribution in [1.82, 2.24) is 5.32 Å². The van der Waals surface area contributed by atoms with Crippen LogP contribution < -0.4 is 10.2 Å². The summed E-state index contributed by atoms with van der Waals surface area (Å²) in [7, 11) is 0. The SMILES string of the molecule is CC(C(=O)C(=O)NCC1CC1)N(C=O)c1ccccc1. The van der Waals surface area contributed by atoms with E-state index in [0.717, 1.165) is 12.8 Å². The van der Waals surface area contributed by atoms with Gasteiger partial charge in [-0.1, -0.05) is 18.2 Å². The molecule has 1 unspecified atom stereocenters. The van der Waals surface area contributed by atoms with Gasteiger partial charge in [0.2, 0.25) is 12.2 Å². The van der Waals surface area contributed by atoms with Crippen molar-refractivity contribution in [2.45, 2.75) is 25.8 Å². The second-order valence-corrected chi connectivity index (χ2v) is 5.04. The zero-order valence-electron chi connectivity index (χ0n) is 11.4. The fourth-order valence-corrected chi connectivity index (χ4v) is 1.94. The maximum atomic E-state index is 12.0. The van der Waals surface area contributed by atoms with Crippen LogP contribution in [0.5, 0.6) is 0 Å². The number of carbonyl (C=O) groups is 3. The molecule has 20 heavy (non-hydrogen) atoms. The third-order valence-corrected chi connectivity index (χ3v) is 3.44. The first-order valence-corrected chi connectivity index (χ1v) is 6.74. The number of hydrogen-bond donors (Lipinski definition) is 1. The molecule has 1 aliphatic rings. The van der Waals surface area contributed by atoms with Crippen molar-refractivity contribution in [3.63, 3.8) is 0 Å². The van der Waals surface area contributed by atoms with E-state index in [1.807, 2.05) is 6.07 Å². The van der Waals surface area contributed by atoms with Gasteiger partial charge in [0.15, 0.2) is 0 Å². The van der Waals surface area contributed by atoms with Crippen LogP contribution in [0.2, 0.25) is 0 Å². The van der Waals surface area contributed by atoms with Crippen molar-refractivity contribution in [2.24, 2.45) is 5.92 Å². The third-order valence-electron chi connectivity index (χ3n) is 3.44. The highest BCUT2D eigenvalue weighted by molar-refractivity contribution is 6.39. The van der Waals surface area contributed by atoms with Crippen LogP contribution in [0.25, 0.3) is 0 Å². The highest BCUT2D eigenvalue weighted by Crippen LogP contribution is 2.27. The predicted molar refractivity (Wildman–Crippen MR) is 75.2 cm³/mol. The van der Waals surface area contributed by atoms with E-state index in [4.69, 9.17) is 0 Å². The number of rotatable bonds is 7. The molecule has 1 aromatic carbocycles. The zero-order valence-corrected chi connectivity index (χ0v) is 11.4. The molecule has 2 rings (SSSR count). The molecule has 1 saturated carbocycles. The molecule has 0 aliphatic heterocycles. The summed E-state index contributed by atoms with van der Waals surface area (Å²) in [4.78, 5) is 36.3. The Hall–Kier alpha value is -2.17. The maximum absolute atomic E-state index is 12.0. The van der Waals surface area contributed by atoms with E-state index in [9.17, 15) is 14.4 Å². The lowest BCUT2D eigenvalue weighted by molar-refractivity contribution is -0.138. The maximum Gasteiger partial charge on any atom is 0.289 e. The minimum absolute atomic E-state index is 0.512. The molecule has 1 fully saturated rings. The van der Waals surface area contributed by atoms with Gasteiger partial charge in [-0.25, -0.2) is 0 Å². The van der Waals surface area contributed by atoms with Crippen molar-refractivity contribution in [3.05, 3.63) is 30.3 Å². The molecule has 0 aromatic heterocycles. The molecule has 0 heterocycles. The summed E-state index contributed by atoms with van der Waals surface area (Å²) in [5.74, 6) is -0.702. The first-order chi connectivity index (χ1) is 9.63. The van der Waals surface area contributed by atoms with Crippen molar-refractivity contribution in [1.29, 1.82) is 0 Å². The zero-order chi connectivity index (χ0) is 14.5. The highest BCUT2D eigenvalue weighted by Gasteiger charge is 2.29. The first-order valence-electron chi connectivity index (χ1n) is 6.74. The molecule has 5 nitrogen and oxygen atoms in total. The van der Waals surface area contributed by atoms with Crippen LogP contribution in [0.3, 0.4) is 0 Å². The summed E-state index contributed by atoms with van der Waals surface area (Å²) in [5, 5.41) is 2.62. The molecule has 1 aromatic rings. The largest absolute Gasteiger partial charge is 0.349 e. The van der Waals surface area contributed by atoms with Crippen molar-refractivity contribution >= 4 is 23.8 Å². The number of carbonyl (C=O) groups excluding carboxylic acids is 3. The fourth-order valence-electron chi connectivity index (χ4n) is 1.94. The van der Waals surface area contributed by atoms with E-state index in [1.54, 1.807) is 31.2 Å². The van der Waals surface area contributed by atoms with Gasteiger partial charge in [-0.3, -0.25) is 14.4 Å². The lowest BCUT2D eigenvalue weighted by atomic mass is 10.1. The van der Waals surface area contributed by atoms with E-state index in [0.29, 0.717) is 24.6 Å². The number of amides is 2. The molecular formula is C15H18N2O3. The standard InChI is InChI=1S/C15H18N2O3/c1-11(14(19)15(20)16-9-12-7-8-12)17(10-18)13-5-3-2-4-6-13/h2-6,10-12H,7-9H2,1H3,(H,16,20). The number of hydrogen-bond acceptors (Lipinski definition) is 3. The number of para-hydroxylation sites is 1. The van der Waals surface area contributed by atoms with Crippen molar-refractivity contribution < 1.29 is 14.4 Å². The topological polar surface area (TPSA) is 66.5 Å². The Labute approximate surface area is 118 Å². The number of anilines is 1. The number of nitrogens with zero attached hydrogens (tertiary/aromatic N) is 1. The van der Waals surface area contributed by atoms with Crippen LogP contribution in [-0.4, -0.2) is 30.7 Å². The second-order valence-electron chi connectivity index (χ2n) is 5.04. The summed E-state index contributed by atoms with van der Waals surface area (Å²) < 4.78 is 0. The summed E-state index contributed by atoms with van der Waals surface area (Å²) in [6.07, 6.45) is 2.79. The minimum Gasteiger partial charge on any atom is -0.349 e. The van der Waals surface area contributed by atoms with Crippen LogP contribution in [-0.2, 0) is 14.4 Å². The Morgan fingerprint density at radius 1 is 1.35 bits per heavy atom. The molecule has 1 aliphatic carbocycles. The van der Waals surface area contributed by atoms with E-state index < -0.39 is 17.7 Å². The van der Waals surface area contributed by atoms with Gasteiger partial charge in [-0.05, 0) is 37.8 Å². The molecule has 0 saturated heterocycles. The number of Topliss-reactive ketones (excluding diaryl/α,β-unsaturated/α-hetero) is 1. The van der Waals surface area contributed by atoms with Gasteiger partial charge in [-0.2, -0.15) is 0 Å². The molecule has 5 heteroatoms. The lowest BCUT2D eigenvalue weighted by Gasteiger charge is -2.23. The Morgan fingerprint density at radius 2 is 2.00 bits per heavy atom. The molecule has 2 amide bonds. The average molecular weight is 274 g/mol. The Bertz CT molecular complexity index is 497. The number of nitrogens with one attached hydrogen (secondary N) is 1. The minimum atomic E-state index is -0.811. The van der Waals surface area contributed by atoms with Gasteiger partial charge in [0.25, 0.3) is 5.91 Å². The van der Waals surface area contributed by atoms with Crippen LogP contribution in [0.4, 0.5) is 5.69 Å². The summed E-state index contributed by atoms with van der Waals surface area (Å²) >= 11 is 0. The quantitative estimate of drug-likeness (QED) is 0.599.